The van der Waals surface area contributed by atoms with Crippen LogP contribution in [0.2, 0.25) is 19.6 Å². The Bertz CT molecular complexity index is 373. The molecule has 0 aromatic heterocycles. The van der Waals surface area contributed by atoms with Gasteiger partial charge in [-0.2, -0.15) is 0 Å². The number of amides is 1. The monoisotopic (exact) mass is 265 g/mol. The van der Waals surface area contributed by atoms with Gasteiger partial charge in [-0.05, 0) is 32.1 Å². The van der Waals surface area contributed by atoms with Crippen molar-refractivity contribution >= 4 is 14.2 Å². The van der Waals surface area contributed by atoms with E-state index in [1.165, 1.54) is 0 Å². The second-order valence-electron chi connectivity index (χ2n) is 5.51. The lowest BCUT2D eigenvalue weighted by atomic mass is 10.2. The molecule has 0 bridgehead atoms. The fourth-order valence-electron chi connectivity index (χ4n) is 1.77. The molecule has 100 valence electrons. The summed E-state index contributed by atoms with van der Waals surface area (Å²) in [6, 6.07) is 9.91. The van der Waals surface area contributed by atoms with E-state index in [0.717, 1.165) is 5.56 Å². The maximum absolute atomic E-state index is 11.7. The van der Waals surface area contributed by atoms with Crippen LogP contribution in [0.1, 0.15) is 18.9 Å². The molecule has 0 radical (unpaired) electrons. The Morgan fingerprint density at radius 2 is 1.89 bits per heavy atom. The van der Waals surface area contributed by atoms with E-state index in [1.807, 2.05) is 37.3 Å². The summed E-state index contributed by atoms with van der Waals surface area (Å²) in [4.78, 5) is 11.7. The van der Waals surface area contributed by atoms with Gasteiger partial charge in [-0.15, -0.1) is 0 Å². The van der Waals surface area contributed by atoms with E-state index >= 15 is 0 Å². The number of carbonyl (C=O) groups is 1. The van der Waals surface area contributed by atoms with Gasteiger partial charge in [-0.1, -0.05) is 30.3 Å². The van der Waals surface area contributed by atoms with Gasteiger partial charge in [0.1, 0.15) is 0 Å². The van der Waals surface area contributed by atoms with Crippen molar-refractivity contribution in [2.45, 2.75) is 45.6 Å². The van der Waals surface area contributed by atoms with E-state index in [1.54, 1.807) is 0 Å². The van der Waals surface area contributed by atoms with Crippen LogP contribution in [-0.2, 0) is 15.8 Å². The Balaban J connectivity index is 2.30. The summed E-state index contributed by atoms with van der Waals surface area (Å²) in [5.74, 6) is 0.0459. The van der Waals surface area contributed by atoms with E-state index in [9.17, 15) is 4.79 Å². The summed E-state index contributed by atoms with van der Waals surface area (Å²) in [7, 11) is -1.55. The molecule has 1 aromatic rings. The highest BCUT2D eigenvalue weighted by Crippen LogP contribution is 2.09. The van der Waals surface area contributed by atoms with Crippen LogP contribution in [-0.4, -0.2) is 20.3 Å². The van der Waals surface area contributed by atoms with Gasteiger partial charge in [0.15, 0.2) is 8.32 Å². The van der Waals surface area contributed by atoms with Crippen molar-refractivity contribution in [3.8, 4) is 0 Å². The van der Waals surface area contributed by atoms with Gasteiger partial charge in [0.05, 0.1) is 12.5 Å². The zero-order valence-electron chi connectivity index (χ0n) is 11.7. The molecule has 18 heavy (non-hydrogen) atoms. The van der Waals surface area contributed by atoms with E-state index in [4.69, 9.17) is 4.43 Å². The first kappa shape index (κ1) is 14.9. The molecular formula is C14H23NO2Si. The first-order valence-electron chi connectivity index (χ1n) is 6.35. The molecule has 1 amide bonds. The second-order valence-corrected chi connectivity index (χ2v) is 9.97. The maximum atomic E-state index is 11.7. The number of carbonyl (C=O) groups excluding carboxylic acids is 1. The lowest BCUT2D eigenvalue weighted by Crippen LogP contribution is -2.34. The summed E-state index contributed by atoms with van der Waals surface area (Å²) in [6.45, 7) is 8.93. The van der Waals surface area contributed by atoms with Crippen LogP contribution in [0.15, 0.2) is 30.3 Å². The van der Waals surface area contributed by atoms with Gasteiger partial charge in [-0.25, -0.2) is 0 Å². The molecule has 3 nitrogen and oxygen atoms in total. The van der Waals surface area contributed by atoms with Crippen LogP contribution >= 0.6 is 0 Å². The average molecular weight is 265 g/mol. The molecular weight excluding hydrogens is 242 g/mol. The normalized spacial score (nSPS) is 13.1. The molecule has 1 atom stereocenters. The topological polar surface area (TPSA) is 38.3 Å². The van der Waals surface area contributed by atoms with E-state index < -0.39 is 8.32 Å². The third-order valence-corrected chi connectivity index (χ3v) is 3.47. The highest BCUT2D eigenvalue weighted by atomic mass is 28.4. The zero-order valence-corrected chi connectivity index (χ0v) is 12.7. The van der Waals surface area contributed by atoms with E-state index in [0.29, 0.717) is 13.0 Å². The lowest BCUT2D eigenvalue weighted by Gasteiger charge is -2.23. The van der Waals surface area contributed by atoms with Gasteiger partial charge < -0.3 is 9.74 Å². The molecule has 1 aromatic carbocycles. The molecule has 0 saturated heterocycles. The van der Waals surface area contributed by atoms with Gasteiger partial charge in [-0.3, -0.25) is 4.79 Å². The summed E-state index contributed by atoms with van der Waals surface area (Å²) < 4.78 is 5.84. The molecule has 0 aliphatic carbocycles. The van der Waals surface area contributed by atoms with Crippen molar-refractivity contribution in [1.29, 1.82) is 0 Å². The van der Waals surface area contributed by atoms with Crippen molar-refractivity contribution in [3.63, 3.8) is 0 Å². The zero-order chi connectivity index (χ0) is 13.6. The van der Waals surface area contributed by atoms with Crippen LogP contribution in [0.4, 0.5) is 0 Å². The number of hydrogen-bond acceptors (Lipinski definition) is 2. The molecule has 0 aliphatic rings. The number of nitrogens with one attached hydrogen (secondary N) is 1. The van der Waals surface area contributed by atoms with Crippen LogP contribution < -0.4 is 5.32 Å². The number of hydrogen-bond donors (Lipinski definition) is 1. The molecule has 1 N–H and O–H groups in total. The Morgan fingerprint density at radius 3 is 2.44 bits per heavy atom. The molecule has 0 spiro atoms. The number of benzene rings is 1. The third kappa shape index (κ3) is 6.57. The van der Waals surface area contributed by atoms with Crippen LogP contribution in [0.25, 0.3) is 0 Å². The van der Waals surface area contributed by atoms with E-state index in [2.05, 4.69) is 25.0 Å². The third-order valence-electron chi connectivity index (χ3n) is 2.36. The first-order chi connectivity index (χ1) is 8.37. The van der Waals surface area contributed by atoms with Crippen molar-refractivity contribution < 1.29 is 9.22 Å². The Morgan fingerprint density at radius 1 is 1.28 bits per heavy atom. The Kier molecular flexibility index (Phi) is 5.56. The summed E-state index contributed by atoms with van der Waals surface area (Å²) in [6.07, 6.45) is 0.421. The minimum absolute atomic E-state index is 0.00700. The molecule has 0 fully saturated rings. The lowest BCUT2D eigenvalue weighted by molar-refractivity contribution is -0.122. The maximum Gasteiger partial charge on any atom is 0.222 e. The van der Waals surface area contributed by atoms with Crippen molar-refractivity contribution in [3.05, 3.63) is 35.9 Å². The summed E-state index contributed by atoms with van der Waals surface area (Å²) in [5, 5.41) is 2.91. The standard InChI is InChI=1S/C14H23NO2Si/c1-12(17-18(2,3)4)10-14(16)15-11-13-8-6-5-7-9-13/h5-9,12H,10-11H2,1-4H3,(H,15,16). The average Bonchev–Trinajstić information content (AvgIpc) is 2.25. The fourth-order valence-corrected chi connectivity index (χ4v) is 3.07. The second kappa shape index (κ2) is 6.71. The quantitative estimate of drug-likeness (QED) is 0.803. The minimum Gasteiger partial charge on any atom is -0.415 e. The molecule has 0 saturated carbocycles. The number of rotatable bonds is 6. The molecule has 0 aliphatic heterocycles. The molecule has 1 rings (SSSR count). The highest BCUT2D eigenvalue weighted by molar-refractivity contribution is 6.69. The highest BCUT2D eigenvalue weighted by Gasteiger charge is 2.19. The van der Waals surface area contributed by atoms with Gasteiger partial charge in [0.2, 0.25) is 5.91 Å². The predicted molar refractivity (Wildman–Crippen MR) is 76.8 cm³/mol. The first-order valence-corrected chi connectivity index (χ1v) is 9.76. The fraction of sp³-hybridized carbons (Fsp3) is 0.500. The van der Waals surface area contributed by atoms with Crippen LogP contribution in [0.5, 0.6) is 0 Å². The molecule has 1 unspecified atom stereocenters. The van der Waals surface area contributed by atoms with Crippen molar-refractivity contribution in [1.82, 2.24) is 5.32 Å². The Hall–Kier alpha value is -1.13. The van der Waals surface area contributed by atoms with E-state index in [-0.39, 0.29) is 12.0 Å². The smallest absolute Gasteiger partial charge is 0.222 e. The molecule has 4 heteroatoms. The van der Waals surface area contributed by atoms with Crippen LogP contribution in [0.3, 0.4) is 0 Å². The predicted octanol–water partition coefficient (Wildman–Crippen LogP) is 2.93. The van der Waals surface area contributed by atoms with Crippen LogP contribution in [0, 0.1) is 0 Å². The minimum atomic E-state index is -1.55. The largest absolute Gasteiger partial charge is 0.415 e. The Labute approximate surface area is 111 Å². The summed E-state index contributed by atoms with van der Waals surface area (Å²) >= 11 is 0. The van der Waals surface area contributed by atoms with Gasteiger partial charge in [0, 0.05) is 6.54 Å². The SMILES string of the molecule is CC(CC(=O)NCc1ccccc1)O[Si](C)(C)C. The molecule has 0 heterocycles. The summed E-state index contributed by atoms with van der Waals surface area (Å²) in [5.41, 5.74) is 1.12. The van der Waals surface area contributed by atoms with Gasteiger partial charge in [0.25, 0.3) is 0 Å². The van der Waals surface area contributed by atoms with Gasteiger partial charge >= 0.3 is 0 Å². The van der Waals surface area contributed by atoms with Crippen molar-refractivity contribution in [2.24, 2.45) is 0 Å². The van der Waals surface area contributed by atoms with Crippen molar-refractivity contribution in [2.75, 3.05) is 0 Å².